The summed E-state index contributed by atoms with van der Waals surface area (Å²) >= 11 is 1.42. The topological polar surface area (TPSA) is 80.3 Å². The number of carbonyl (C=O) groups excluding carboxylic acids is 2. The molecule has 7 heteroatoms. The van der Waals surface area contributed by atoms with Gasteiger partial charge in [0.15, 0.2) is 0 Å². The van der Waals surface area contributed by atoms with E-state index in [2.05, 4.69) is 21.9 Å². The third-order valence-electron chi connectivity index (χ3n) is 4.21. The van der Waals surface area contributed by atoms with Crippen LogP contribution in [0.1, 0.15) is 31.8 Å². The van der Waals surface area contributed by atoms with Gasteiger partial charge in [0, 0.05) is 16.7 Å². The summed E-state index contributed by atoms with van der Waals surface area (Å²) in [5.41, 5.74) is 7.91. The quantitative estimate of drug-likeness (QED) is 0.627. The summed E-state index contributed by atoms with van der Waals surface area (Å²) in [6.07, 6.45) is 1.64. The van der Waals surface area contributed by atoms with Gasteiger partial charge in [0.2, 0.25) is 0 Å². The van der Waals surface area contributed by atoms with Crippen molar-refractivity contribution in [3.05, 3.63) is 83.0 Å². The van der Waals surface area contributed by atoms with E-state index in [1.807, 2.05) is 26.0 Å². The number of pyridine rings is 1. The van der Waals surface area contributed by atoms with Crippen LogP contribution in [0.25, 0.3) is 0 Å². The van der Waals surface area contributed by atoms with E-state index in [4.69, 9.17) is 4.74 Å². The number of hydrogen-bond acceptors (Lipinski definition) is 5. The van der Waals surface area contributed by atoms with Crippen LogP contribution in [0.15, 0.2) is 70.7 Å². The van der Waals surface area contributed by atoms with Gasteiger partial charge in [0.05, 0.1) is 12.7 Å². The molecule has 6 nitrogen and oxygen atoms in total. The number of benzene rings is 2. The Morgan fingerprint density at radius 1 is 0.966 bits per heavy atom. The maximum Gasteiger partial charge on any atom is 0.272 e. The smallest absolute Gasteiger partial charge is 0.272 e. The minimum Gasteiger partial charge on any atom is -0.497 e. The monoisotopic (exact) mass is 407 g/mol. The zero-order chi connectivity index (χ0) is 20.8. The van der Waals surface area contributed by atoms with Crippen molar-refractivity contribution in [3.8, 4) is 5.75 Å². The highest BCUT2D eigenvalue weighted by Crippen LogP contribution is 2.31. The predicted molar refractivity (Wildman–Crippen MR) is 112 cm³/mol. The molecule has 2 aromatic carbocycles. The summed E-state index contributed by atoms with van der Waals surface area (Å²) in [5, 5.41) is 0.567. The Bertz CT molecular complexity index is 1040. The molecule has 2 amide bonds. The number of hydrogen-bond donors (Lipinski definition) is 2. The van der Waals surface area contributed by atoms with Gasteiger partial charge in [-0.2, -0.15) is 0 Å². The van der Waals surface area contributed by atoms with Gasteiger partial charge in [-0.25, -0.2) is 4.98 Å². The van der Waals surface area contributed by atoms with Crippen LogP contribution < -0.4 is 15.6 Å². The largest absolute Gasteiger partial charge is 0.497 e. The third-order valence-corrected chi connectivity index (χ3v) is 5.39. The molecule has 0 spiro atoms. The molecular weight excluding hydrogens is 386 g/mol. The van der Waals surface area contributed by atoms with E-state index in [9.17, 15) is 9.59 Å². The second-order valence-corrected chi connectivity index (χ2v) is 7.39. The average Bonchev–Trinajstić information content (AvgIpc) is 2.74. The number of nitrogens with zero attached hydrogens (tertiary/aromatic N) is 1. The molecule has 2 N–H and O–H groups in total. The highest BCUT2D eigenvalue weighted by atomic mass is 32.2. The van der Waals surface area contributed by atoms with Crippen molar-refractivity contribution < 1.29 is 14.3 Å². The van der Waals surface area contributed by atoms with E-state index in [0.717, 1.165) is 16.0 Å². The Hall–Kier alpha value is -3.32. The first-order valence-electron chi connectivity index (χ1n) is 8.93. The summed E-state index contributed by atoms with van der Waals surface area (Å²) in [5.74, 6) is -0.213. The van der Waals surface area contributed by atoms with Crippen LogP contribution in [-0.4, -0.2) is 23.9 Å². The molecule has 3 aromatic rings. The van der Waals surface area contributed by atoms with Crippen LogP contribution in [0.5, 0.6) is 5.75 Å². The lowest BCUT2D eigenvalue weighted by atomic mass is 10.2. The molecule has 0 fully saturated rings. The Labute approximate surface area is 173 Å². The van der Waals surface area contributed by atoms with Gasteiger partial charge >= 0.3 is 0 Å². The molecule has 0 unspecified atom stereocenters. The number of ether oxygens (including phenoxy) is 1. The molecule has 0 radical (unpaired) electrons. The van der Waals surface area contributed by atoms with Crippen LogP contribution in [0.3, 0.4) is 0 Å². The normalized spacial score (nSPS) is 10.3. The van der Waals surface area contributed by atoms with Gasteiger partial charge in [-0.15, -0.1) is 0 Å². The van der Waals surface area contributed by atoms with Crippen LogP contribution >= 0.6 is 11.8 Å². The zero-order valence-corrected chi connectivity index (χ0v) is 17.2. The van der Waals surface area contributed by atoms with Crippen molar-refractivity contribution in [1.29, 1.82) is 0 Å². The lowest BCUT2D eigenvalue weighted by Gasteiger charge is -2.11. The number of aryl methyl sites for hydroxylation is 2. The lowest BCUT2D eigenvalue weighted by Crippen LogP contribution is -2.41. The SMILES string of the molecule is COc1ccc(C(=O)NNC(=O)c2cccnc2Sc2cc(C)ccc2C)cc1. The molecule has 0 aliphatic rings. The Morgan fingerprint density at radius 3 is 2.41 bits per heavy atom. The highest BCUT2D eigenvalue weighted by Gasteiger charge is 2.15. The van der Waals surface area contributed by atoms with Crippen LogP contribution in [0.2, 0.25) is 0 Å². The van der Waals surface area contributed by atoms with Crippen LogP contribution in [0.4, 0.5) is 0 Å². The Balaban J connectivity index is 1.71. The van der Waals surface area contributed by atoms with Gasteiger partial charge in [0.1, 0.15) is 10.8 Å². The minimum absolute atomic E-state index is 0.383. The van der Waals surface area contributed by atoms with E-state index >= 15 is 0 Å². The van der Waals surface area contributed by atoms with Gasteiger partial charge in [-0.3, -0.25) is 20.4 Å². The van der Waals surface area contributed by atoms with Gasteiger partial charge in [-0.05, 0) is 67.4 Å². The van der Waals surface area contributed by atoms with Gasteiger partial charge < -0.3 is 4.74 Å². The lowest BCUT2D eigenvalue weighted by molar-refractivity contribution is 0.0844. The van der Waals surface area contributed by atoms with Crippen molar-refractivity contribution >= 4 is 23.6 Å². The van der Waals surface area contributed by atoms with Crippen molar-refractivity contribution in [1.82, 2.24) is 15.8 Å². The minimum atomic E-state index is -0.437. The summed E-state index contributed by atoms with van der Waals surface area (Å²) in [6.45, 7) is 4.03. The second kappa shape index (κ2) is 9.25. The molecule has 0 saturated heterocycles. The molecular formula is C22H21N3O3S. The zero-order valence-electron chi connectivity index (χ0n) is 16.4. The first-order valence-corrected chi connectivity index (χ1v) is 9.74. The number of aromatic nitrogens is 1. The number of nitrogens with one attached hydrogen (secondary N) is 2. The molecule has 1 heterocycles. The summed E-state index contributed by atoms with van der Waals surface area (Å²) in [6, 6.07) is 16.1. The Kier molecular flexibility index (Phi) is 6.51. The standard InChI is InChI=1S/C22H21N3O3S/c1-14-6-7-15(2)19(13-14)29-22-18(5-4-12-23-22)21(27)25-24-20(26)16-8-10-17(28-3)11-9-16/h4-13H,1-3H3,(H,24,26)(H,25,27). The van der Waals surface area contributed by atoms with E-state index in [1.165, 1.54) is 11.8 Å². The van der Waals surface area contributed by atoms with Crippen molar-refractivity contribution in [2.75, 3.05) is 7.11 Å². The summed E-state index contributed by atoms with van der Waals surface area (Å²) in [4.78, 5) is 30.3. The molecule has 0 saturated carbocycles. The molecule has 0 bridgehead atoms. The van der Waals surface area contributed by atoms with Crippen molar-refractivity contribution in [3.63, 3.8) is 0 Å². The fourth-order valence-corrected chi connectivity index (χ4v) is 3.63. The number of amides is 2. The maximum atomic E-state index is 12.6. The van der Waals surface area contributed by atoms with E-state index in [1.54, 1.807) is 49.7 Å². The Morgan fingerprint density at radius 2 is 1.69 bits per heavy atom. The van der Waals surface area contributed by atoms with E-state index in [-0.39, 0.29) is 0 Å². The molecule has 0 atom stereocenters. The van der Waals surface area contributed by atoms with Crippen molar-refractivity contribution in [2.45, 2.75) is 23.8 Å². The van der Waals surface area contributed by atoms with Crippen molar-refractivity contribution in [2.24, 2.45) is 0 Å². The molecule has 148 valence electrons. The predicted octanol–water partition coefficient (Wildman–Crippen LogP) is 3.93. The van der Waals surface area contributed by atoms with E-state index < -0.39 is 11.8 Å². The molecule has 1 aromatic heterocycles. The van der Waals surface area contributed by atoms with Crippen LogP contribution in [0, 0.1) is 13.8 Å². The fourth-order valence-electron chi connectivity index (χ4n) is 2.56. The highest BCUT2D eigenvalue weighted by molar-refractivity contribution is 7.99. The van der Waals surface area contributed by atoms with Gasteiger partial charge in [-0.1, -0.05) is 23.9 Å². The third kappa shape index (κ3) is 5.14. The number of methoxy groups -OCH3 is 1. The number of hydrazine groups is 1. The molecule has 0 aliphatic carbocycles. The second-order valence-electron chi connectivity index (χ2n) is 6.36. The van der Waals surface area contributed by atoms with Gasteiger partial charge in [0.25, 0.3) is 11.8 Å². The number of rotatable bonds is 5. The first-order chi connectivity index (χ1) is 14.0. The summed E-state index contributed by atoms with van der Waals surface area (Å²) < 4.78 is 5.07. The maximum absolute atomic E-state index is 12.6. The van der Waals surface area contributed by atoms with Crippen LogP contribution in [-0.2, 0) is 0 Å². The molecule has 0 aliphatic heterocycles. The first kappa shape index (κ1) is 20.4. The molecule has 29 heavy (non-hydrogen) atoms. The molecule has 3 rings (SSSR count). The summed E-state index contributed by atoms with van der Waals surface area (Å²) in [7, 11) is 1.55. The van der Waals surface area contributed by atoms with E-state index in [0.29, 0.717) is 21.9 Å². The fraction of sp³-hybridized carbons (Fsp3) is 0.136. The average molecular weight is 407 g/mol. The number of carbonyl (C=O) groups is 2.